The summed E-state index contributed by atoms with van der Waals surface area (Å²) in [6.07, 6.45) is 1.54. The summed E-state index contributed by atoms with van der Waals surface area (Å²) in [7, 11) is 0. The quantitative estimate of drug-likeness (QED) is 0.633. The molecule has 0 bridgehead atoms. The van der Waals surface area contributed by atoms with E-state index in [0.717, 1.165) is 16.7 Å². The fourth-order valence-corrected chi connectivity index (χ4v) is 2.50. The van der Waals surface area contributed by atoms with Gasteiger partial charge in [0.1, 0.15) is 5.75 Å². The number of aryl methyl sites for hydroxylation is 1. The average molecular weight is 359 g/mol. The number of hydrogen-bond acceptors (Lipinski definition) is 3. The molecule has 0 saturated carbocycles. The van der Waals surface area contributed by atoms with Crippen molar-refractivity contribution in [3.8, 4) is 5.75 Å². The minimum atomic E-state index is -0.321. The largest absolute Gasteiger partial charge is 0.483 e. The summed E-state index contributed by atoms with van der Waals surface area (Å²) in [5.41, 5.74) is 5.43. The molecule has 2 aromatic carbocycles. The van der Waals surface area contributed by atoms with Crippen molar-refractivity contribution in [3.63, 3.8) is 0 Å². The highest BCUT2D eigenvalue weighted by Crippen LogP contribution is 2.32. The lowest BCUT2D eigenvalue weighted by Gasteiger charge is -2.23. The molecule has 0 fully saturated rings. The number of nitrogens with zero attached hydrogens (tertiary/aromatic N) is 1. The smallest absolute Gasteiger partial charge is 0.277 e. The van der Waals surface area contributed by atoms with E-state index in [1.807, 2.05) is 31.2 Å². The molecule has 0 heterocycles. The monoisotopic (exact) mass is 358 g/mol. The highest BCUT2D eigenvalue weighted by molar-refractivity contribution is 6.30. The predicted molar refractivity (Wildman–Crippen MR) is 103 cm³/mol. The molecule has 0 atom stereocenters. The van der Waals surface area contributed by atoms with Gasteiger partial charge in [0.15, 0.2) is 6.61 Å². The van der Waals surface area contributed by atoms with Gasteiger partial charge < -0.3 is 4.74 Å². The van der Waals surface area contributed by atoms with Crippen LogP contribution >= 0.6 is 11.6 Å². The number of ether oxygens (including phenoxy) is 1. The molecule has 5 heteroatoms. The summed E-state index contributed by atoms with van der Waals surface area (Å²) in [4.78, 5) is 11.9. The van der Waals surface area contributed by atoms with E-state index in [9.17, 15) is 4.79 Å². The lowest BCUT2D eigenvalue weighted by Crippen LogP contribution is -2.25. The number of halogens is 1. The Kier molecular flexibility index (Phi) is 6.21. The van der Waals surface area contributed by atoms with Crippen molar-refractivity contribution >= 4 is 23.7 Å². The first kappa shape index (κ1) is 19.0. The third-order valence-corrected chi connectivity index (χ3v) is 3.79. The molecule has 2 aromatic rings. The van der Waals surface area contributed by atoms with Crippen molar-refractivity contribution in [3.05, 3.63) is 64.2 Å². The van der Waals surface area contributed by atoms with Gasteiger partial charge in [0.25, 0.3) is 5.91 Å². The number of hydrazone groups is 1. The second-order valence-electron chi connectivity index (χ2n) is 6.89. The molecule has 0 aliphatic carbocycles. The molecule has 1 amide bonds. The van der Waals surface area contributed by atoms with Crippen LogP contribution < -0.4 is 10.2 Å². The van der Waals surface area contributed by atoms with Crippen LogP contribution in [0.2, 0.25) is 5.02 Å². The SMILES string of the molecule is Cc1ccc(OCC(=O)N/N=C/c2cccc(Cl)c2)c(C(C)(C)C)c1. The van der Waals surface area contributed by atoms with Gasteiger partial charge in [0, 0.05) is 5.02 Å². The molecule has 132 valence electrons. The fraction of sp³-hybridized carbons (Fsp3) is 0.300. The Morgan fingerprint density at radius 3 is 2.68 bits per heavy atom. The highest BCUT2D eigenvalue weighted by atomic mass is 35.5. The van der Waals surface area contributed by atoms with Crippen LogP contribution in [0, 0.1) is 6.92 Å². The Hall–Kier alpha value is -2.33. The molecule has 1 N–H and O–H groups in total. The van der Waals surface area contributed by atoms with Crippen molar-refractivity contribution in [2.24, 2.45) is 5.10 Å². The van der Waals surface area contributed by atoms with Crippen LogP contribution in [0.1, 0.15) is 37.5 Å². The maximum Gasteiger partial charge on any atom is 0.277 e. The highest BCUT2D eigenvalue weighted by Gasteiger charge is 2.19. The molecule has 0 unspecified atom stereocenters. The Bertz CT molecular complexity index is 780. The molecular weight excluding hydrogens is 336 g/mol. The van der Waals surface area contributed by atoms with Crippen LogP contribution in [0.4, 0.5) is 0 Å². The topological polar surface area (TPSA) is 50.7 Å². The number of benzene rings is 2. The molecule has 2 rings (SSSR count). The summed E-state index contributed by atoms with van der Waals surface area (Å²) in [6, 6.07) is 13.2. The van der Waals surface area contributed by atoms with Crippen LogP contribution in [0.25, 0.3) is 0 Å². The van der Waals surface area contributed by atoms with Gasteiger partial charge in [0.05, 0.1) is 6.21 Å². The van der Waals surface area contributed by atoms with Crippen molar-refractivity contribution in [2.45, 2.75) is 33.1 Å². The first-order chi connectivity index (χ1) is 11.8. The van der Waals surface area contributed by atoms with Crippen LogP contribution in [0.15, 0.2) is 47.6 Å². The molecule has 4 nitrogen and oxygen atoms in total. The van der Waals surface area contributed by atoms with Crippen molar-refractivity contribution in [1.29, 1.82) is 0 Å². The van der Waals surface area contributed by atoms with Crippen molar-refractivity contribution in [1.82, 2.24) is 5.43 Å². The van der Waals surface area contributed by atoms with Crippen molar-refractivity contribution in [2.75, 3.05) is 6.61 Å². The van der Waals surface area contributed by atoms with Crippen LogP contribution in [0.3, 0.4) is 0 Å². The van der Waals surface area contributed by atoms with Gasteiger partial charge in [-0.2, -0.15) is 5.10 Å². The van der Waals surface area contributed by atoms with E-state index in [4.69, 9.17) is 16.3 Å². The van der Waals surface area contributed by atoms with E-state index in [0.29, 0.717) is 10.8 Å². The summed E-state index contributed by atoms with van der Waals surface area (Å²) in [6.45, 7) is 8.28. The molecule has 25 heavy (non-hydrogen) atoms. The third kappa shape index (κ3) is 5.91. The van der Waals surface area contributed by atoms with Gasteiger partial charge in [-0.25, -0.2) is 5.43 Å². The zero-order valence-electron chi connectivity index (χ0n) is 15.0. The van der Waals surface area contributed by atoms with E-state index in [1.165, 1.54) is 6.21 Å². The van der Waals surface area contributed by atoms with E-state index < -0.39 is 0 Å². The van der Waals surface area contributed by atoms with Gasteiger partial charge in [-0.05, 0) is 41.7 Å². The Labute approximate surface area is 153 Å². The third-order valence-electron chi connectivity index (χ3n) is 3.55. The van der Waals surface area contributed by atoms with E-state index >= 15 is 0 Å². The first-order valence-electron chi connectivity index (χ1n) is 8.07. The zero-order chi connectivity index (χ0) is 18.4. The number of carbonyl (C=O) groups excluding carboxylic acids is 1. The normalized spacial score (nSPS) is 11.6. The average Bonchev–Trinajstić information content (AvgIpc) is 2.53. The van der Waals surface area contributed by atoms with E-state index in [1.54, 1.807) is 12.1 Å². The minimum Gasteiger partial charge on any atom is -0.483 e. The lowest BCUT2D eigenvalue weighted by atomic mass is 9.85. The van der Waals surface area contributed by atoms with Crippen LogP contribution in [-0.4, -0.2) is 18.7 Å². The summed E-state index contributed by atoms with van der Waals surface area (Å²) >= 11 is 5.90. The molecule has 0 saturated heterocycles. The second kappa shape index (κ2) is 8.17. The maximum atomic E-state index is 11.9. The number of carbonyl (C=O) groups is 1. The predicted octanol–water partition coefficient (Wildman–Crippen LogP) is 4.48. The maximum absolute atomic E-state index is 11.9. The van der Waals surface area contributed by atoms with Gasteiger partial charge >= 0.3 is 0 Å². The van der Waals surface area contributed by atoms with E-state index in [-0.39, 0.29) is 17.9 Å². The summed E-state index contributed by atoms with van der Waals surface area (Å²) in [5, 5.41) is 4.54. The van der Waals surface area contributed by atoms with Crippen LogP contribution in [-0.2, 0) is 10.2 Å². The number of nitrogens with one attached hydrogen (secondary N) is 1. The molecule has 0 spiro atoms. The number of hydrogen-bond donors (Lipinski definition) is 1. The molecular formula is C20H23ClN2O2. The minimum absolute atomic E-state index is 0.0669. The molecule has 0 radical (unpaired) electrons. The molecule has 0 aromatic heterocycles. The summed E-state index contributed by atoms with van der Waals surface area (Å²) < 4.78 is 5.70. The van der Waals surface area contributed by atoms with Crippen molar-refractivity contribution < 1.29 is 9.53 Å². The zero-order valence-corrected chi connectivity index (χ0v) is 15.7. The Balaban J connectivity index is 1.94. The fourth-order valence-electron chi connectivity index (χ4n) is 2.30. The Morgan fingerprint density at radius 2 is 2.00 bits per heavy atom. The van der Waals surface area contributed by atoms with Gasteiger partial charge in [0.2, 0.25) is 0 Å². The standard InChI is InChI=1S/C20H23ClN2O2/c1-14-8-9-18(17(10-14)20(2,3)4)25-13-19(24)23-22-12-15-6-5-7-16(21)11-15/h5-12H,13H2,1-4H3,(H,23,24)/b22-12+. The number of amides is 1. The Morgan fingerprint density at radius 1 is 1.24 bits per heavy atom. The van der Waals surface area contributed by atoms with Crippen LogP contribution in [0.5, 0.6) is 5.75 Å². The molecule has 0 aliphatic rings. The van der Waals surface area contributed by atoms with Gasteiger partial charge in [-0.3, -0.25) is 4.79 Å². The van der Waals surface area contributed by atoms with E-state index in [2.05, 4.69) is 37.4 Å². The summed E-state index contributed by atoms with van der Waals surface area (Å²) in [5.74, 6) is 0.394. The van der Waals surface area contributed by atoms with Gasteiger partial charge in [-0.15, -0.1) is 0 Å². The second-order valence-corrected chi connectivity index (χ2v) is 7.32. The number of rotatable bonds is 5. The lowest BCUT2D eigenvalue weighted by molar-refractivity contribution is -0.123. The van der Waals surface area contributed by atoms with Gasteiger partial charge in [-0.1, -0.05) is 62.2 Å². The molecule has 0 aliphatic heterocycles. The first-order valence-corrected chi connectivity index (χ1v) is 8.45.